The van der Waals surface area contributed by atoms with Crippen molar-refractivity contribution >= 4 is 33.9 Å². The number of halogens is 3. The summed E-state index contributed by atoms with van der Waals surface area (Å²) in [5, 5.41) is 7.16. The Kier molecular flexibility index (Phi) is 5.32. The van der Waals surface area contributed by atoms with Crippen molar-refractivity contribution in [1.82, 2.24) is 30.2 Å². The molecule has 0 saturated carbocycles. The Morgan fingerprint density at radius 2 is 1.92 bits per heavy atom. The highest BCUT2D eigenvalue weighted by atomic mass is 19.2. The number of allylic oxidation sites excluding steroid dienone is 4. The molecule has 190 valence electrons. The van der Waals surface area contributed by atoms with Crippen molar-refractivity contribution in [2.45, 2.75) is 24.9 Å². The van der Waals surface area contributed by atoms with Crippen molar-refractivity contribution in [3.8, 4) is 11.4 Å². The molecule has 1 aliphatic carbocycles. The van der Waals surface area contributed by atoms with Crippen LogP contribution in [0.3, 0.4) is 0 Å². The maximum Gasteiger partial charge on any atom is 0.251 e. The van der Waals surface area contributed by atoms with E-state index in [0.717, 1.165) is 48.3 Å². The quantitative estimate of drug-likeness (QED) is 0.375. The zero-order valence-electron chi connectivity index (χ0n) is 20.0. The van der Waals surface area contributed by atoms with Crippen molar-refractivity contribution in [1.29, 1.82) is 0 Å². The summed E-state index contributed by atoms with van der Waals surface area (Å²) in [7, 11) is 0. The van der Waals surface area contributed by atoms with E-state index in [4.69, 9.17) is 9.97 Å². The maximum atomic E-state index is 14.2. The number of nitrogens with zero attached hydrogens (tertiary/aromatic N) is 6. The van der Waals surface area contributed by atoms with Crippen LogP contribution in [0.5, 0.6) is 0 Å². The van der Waals surface area contributed by atoms with E-state index in [1.54, 1.807) is 18.3 Å². The van der Waals surface area contributed by atoms with Crippen LogP contribution in [-0.2, 0) is 0 Å². The number of anilines is 3. The average Bonchev–Trinajstić information content (AvgIpc) is 3.50. The SMILES string of the molecule is Fc1cc(F)c(Nc2cc(-c3nc(N4CCC5NCCC54)c4c(C5=CC=C5)cncc4n3)ccn2)nc1F. The summed E-state index contributed by atoms with van der Waals surface area (Å²) in [4.78, 5) is 24.2. The van der Waals surface area contributed by atoms with Crippen LogP contribution >= 0.6 is 0 Å². The van der Waals surface area contributed by atoms with E-state index < -0.39 is 23.4 Å². The summed E-state index contributed by atoms with van der Waals surface area (Å²) in [5.74, 6) is -2.80. The second kappa shape index (κ2) is 8.88. The molecule has 4 aromatic rings. The topological polar surface area (TPSA) is 91.8 Å². The predicted octanol–water partition coefficient (Wildman–Crippen LogP) is 4.54. The van der Waals surface area contributed by atoms with E-state index in [1.807, 2.05) is 24.4 Å². The first-order valence-electron chi connectivity index (χ1n) is 12.3. The molecule has 0 spiro atoms. The number of rotatable bonds is 5. The normalized spacial score (nSPS) is 20.0. The molecule has 2 fully saturated rings. The lowest BCUT2D eigenvalue weighted by Gasteiger charge is -2.27. The fraction of sp³-hybridized carbons (Fsp3) is 0.222. The molecule has 11 heteroatoms. The molecule has 8 nitrogen and oxygen atoms in total. The van der Waals surface area contributed by atoms with E-state index in [0.29, 0.717) is 35.1 Å². The second-order valence-electron chi connectivity index (χ2n) is 9.48. The number of nitrogens with one attached hydrogen (secondary N) is 2. The van der Waals surface area contributed by atoms with Gasteiger partial charge >= 0.3 is 0 Å². The largest absolute Gasteiger partial charge is 0.351 e. The fourth-order valence-electron chi connectivity index (χ4n) is 5.41. The predicted molar refractivity (Wildman–Crippen MR) is 137 cm³/mol. The highest BCUT2D eigenvalue weighted by molar-refractivity contribution is 6.02. The third-order valence-corrected chi connectivity index (χ3v) is 7.27. The summed E-state index contributed by atoms with van der Waals surface area (Å²) in [6, 6.07) is 4.55. The van der Waals surface area contributed by atoms with E-state index in [2.05, 4.69) is 30.5 Å². The van der Waals surface area contributed by atoms with Gasteiger partial charge in [-0.2, -0.15) is 9.37 Å². The molecule has 2 atom stereocenters. The number of pyridine rings is 3. The first-order valence-corrected chi connectivity index (χ1v) is 12.3. The summed E-state index contributed by atoms with van der Waals surface area (Å²) < 4.78 is 41.1. The van der Waals surface area contributed by atoms with Gasteiger partial charge < -0.3 is 15.5 Å². The third kappa shape index (κ3) is 3.77. The molecule has 0 amide bonds. The second-order valence-corrected chi connectivity index (χ2v) is 9.48. The molecule has 2 aliphatic heterocycles. The molecule has 2 saturated heterocycles. The lowest BCUT2D eigenvalue weighted by atomic mass is 9.97. The van der Waals surface area contributed by atoms with Crippen molar-refractivity contribution in [3.05, 3.63) is 78.2 Å². The number of hydrogen-bond donors (Lipinski definition) is 2. The van der Waals surface area contributed by atoms with E-state index in [9.17, 15) is 13.2 Å². The standard InChI is InChI=1S/C27H21F3N8/c28-17-11-18(29)26(36-24(17)30)35-22-10-15(4-7-33-22)25-34-20-13-31-12-16(14-2-1-3-14)23(20)27(37-25)38-9-6-19-21(38)5-8-32-19/h1-4,7,10-13,19,21,32H,5-6,8-9H2,(H,33,35,36). The lowest BCUT2D eigenvalue weighted by molar-refractivity contribution is 0.467. The van der Waals surface area contributed by atoms with Gasteiger partial charge in [0.15, 0.2) is 23.3 Å². The van der Waals surface area contributed by atoms with Crippen molar-refractivity contribution in [3.63, 3.8) is 0 Å². The number of fused-ring (bicyclic) bond motifs is 2. The molecular formula is C27H21F3N8. The maximum absolute atomic E-state index is 14.2. The van der Waals surface area contributed by atoms with Crippen LogP contribution < -0.4 is 15.5 Å². The summed E-state index contributed by atoms with van der Waals surface area (Å²) in [6.07, 6.45) is 13.2. The van der Waals surface area contributed by atoms with Crippen LogP contribution in [0, 0.1) is 17.6 Å². The smallest absolute Gasteiger partial charge is 0.251 e. The van der Waals surface area contributed by atoms with Gasteiger partial charge in [-0.15, -0.1) is 0 Å². The Morgan fingerprint density at radius 3 is 2.76 bits per heavy atom. The molecular weight excluding hydrogens is 493 g/mol. The first-order chi connectivity index (χ1) is 18.5. The van der Waals surface area contributed by atoms with Gasteiger partial charge in [-0.05, 0) is 37.1 Å². The molecule has 0 bridgehead atoms. The van der Waals surface area contributed by atoms with Gasteiger partial charge in [0.05, 0.1) is 17.1 Å². The van der Waals surface area contributed by atoms with Crippen molar-refractivity contribution < 1.29 is 13.2 Å². The summed E-state index contributed by atoms with van der Waals surface area (Å²) in [5.41, 5.74) is 3.38. The van der Waals surface area contributed by atoms with Gasteiger partial charge in [0.1, 0.15) is 11.6 Å². The van der Waals surface area contributed by atoms with Crippen LogP contribution in [0.1, 0.15) is 18.4 Å². The molecule has 2 N–H and O–H groups in total. The zero-order chi connectivity index (χ0) is 25.8. The first kappa shape index (κ1) is 22.8. The molecule has 0 radical (unpaired) electrons. The Balaban J connectivity index is 1.33. The molecule has 4 aromatic heterocycles. The van der Waals surface area contributed by atoms with Crippen LogP contribution in [0.25, 0.3) is 27.9 Å². The summed E-state index contributed by atoms with van der Waals surface area (Å²) in [6.45, 7) is 1.84. The Hall–Kier alpha value is -4.38. The monoisotopic (exact) mass is 514 g/mol. The van der Waals surface area contributed by atoms with E-state index in [1.165, 1.54) is 6.20 Å². The van der Waals surface area contributed by atoms with Crippen LogP contribution in [0.2, 0.25) is 0 Å². The van der Waals surface area contributed by atoms with Crippen LogP contribution in [-0.4, -0.2) is 50.1 Å². The molecule has 7 rings (SSSR count). The Morgan fingerprint density at radius 1 is 1.03 bits per heavy atom. The minimum Gasteiger partial charge on any atom is -0.351 e. The van der Waals surface area contributed by atoms with E-state index in [-0.39, 0.29) is 5.82 Å². The summed E-state index contributed by atoms with van der Waals surface area (Å²) >= 11 is 0. The van der Waals surface area contributed by atoms with Gasteiger partial charge in [0, 0.05) is 48.2 Å². The lowest BCUT2D eigenvalue weighted by Crippen LogP contribution is -2.35. The molecule has 3 aliphatic rings. The molecule has 6 heterocycles. The molecule has 38 heavy (non-hydrogen) atoms. The van der Waals surface area contributed by atoms with Gasteiger partial charge in [-0.1, -0.05) is 18.2 Å². The molecule has 0 aromatic carbocycles. The van der Waals surface area contributed by atoms with Gasteiger partial charge in [0.2, 0.25) is 0 Å². The highest BCUT2D eigenvalue weighted by Crippen LogP contribution is 2.39. The average molecular weight is 515 g/mol. The number of hydrogen-bond acceptors (Lipinski definition) is 8. The minimum absolute atomic E-state index is 0.183. The Bertz CT molecular complexity index is 1650. The van der Waals surface area contributed by atoms with Crippen LogP contribution in [0.4, 0.5) is 30.6 Å². The van der Waals surface area contributed by atoms with Gasteiger partial charge in [-0.25, -0.2) is 23.7 Å². The third-order valence-electron chi connectivity index (χ3n) is 7.27. The van der Waals surface area contributed by atoms with Crippen molar-refractivity contribution in [2.75, 3.05) is 23.3 Å². The highest BCUT2D eigenvalue weighted by Gasteiger charge is 2.39. The number of aromatic nitrogens is 5. The van der Waals surface area contributed by atoms with Gasteiger partial charge in [-0.3, -0.25) is 4.98 Å². The van der Waals surface area contributed by atoms with Crippen LogP contribution in [0.15, 0.2) is 55.0 Å². The van der Waals surface area contributed by atoms with Crippen molar-refractivity contribution in [2.24, 2.45) is 0 Å². The zero-order valence-corrected chi connectivity index (χ0v) is 20.0. The minimum atomic E-state index is -1.40. The fourth-order valence-corrected chi connectivity index (χ4v) is 5.41. The van der Waals surface area contributed by atoms with E-state index >= 15 is 0 Å². The Labute approximate surface area is 215 Å². The molecule has 2 unspecified atom stereocenters. The van der Waals surface area contributed by atoms with Gasteiger partial charge in [0.25, 0.3) is 5.95 Å².